The lowest BCUT2D eigenvalue weighted by molar-refractivity contribution is -0.157. The molecule has 0 heterocycles. The fourth-order valence-electron chi connectivity index (χ4n) is 1.21. The van der Waals surface area contributed by atoms with Crippen LogP contribution in [0.4, 0.5) is 0 Å². The highest BCUT2D eigenvalue weighted by atomic mass is 16.5. The van der Waals surface area contributed by atoms with Gasteiger partial charge in [0, 0.05) is 6.54 Å². The molecule has 13 heavy (non-hydrogen) atoms. The topological polar surface area (TPSA) is 38.3 Å². The summed E-state index contributed by atoms with van der Waals surface area (Å²) >= 11 is 0. The van der Waals surface area contributed by atoms with E-state index in [0.717, 1.165) is 25.9 Å². The van der Waals surface area contributed by atoms with Gasteiger partial charge in [-0.2, -0.15) is 0 Å². The molecule has 0 radical (unpaired) electrons. The fraction of sp³-hybridized carbons (Fsp3) is 0.900. The van der Waals surface area contributed by atoms with Gasteiger partial charge in [-0.15, -0.1) is 0 Å². The third-order valence-electron chi connectivity index (χ3n) is 2.44. The van der Waals surface area contributed by atoms with E-state index >= 15 is 0 Å². The summed E-state index contributed by atoms with van der Waals surface area (Å²) in [5, 5.41) is 3.14. The molecule has 0 spiro atoms. The SMILES string of the molecule is CCNCC(C)C(=O)OC1CCC1. The zero-order chi connectivity index (χ0) is 9.68. The third kappa shape index (κ3) is 3.35. The Balaban J connectivity index is 2.13. The summed E-state index contributed by atoms with van der Waals surface area (Å²) in [7, 11) is 0. The highest BCUT2D eigenvalue weighted by Gasteiger charge is 2.24. The normalized spacial score (nSPS) is 19.2. The van der Waals surface area contributed by atoms with Gasteiger partial charge in [-0.25, -0.2) is 0 Å². The molecule has 3 heteroatoms. The molecule has 1 unspecified atom stereocenters. The van der Waals surface area contributed by atoms with Crippen LogP contribution in [0.25, 0.3) is 0 Å². The average Bonchev–Trinajstić information content (AvgIpc) is 2.06. The first-order valence-corrected chi connectivity index (χ1v) is 5.15. The van der Waals surface area contributed by atoms with Crippen LogP contribution in [0.5, 0.6) is 0 Å². The van der Waals surface area contributed by atoms with E-state index < -0.39 is 0 Å². The van der Waals surface area contributed by atoms with Crippen molar-refractivity contribution in [2.24, 2.45) is 5.92 Å². The van der Waals surface area contributed by atoms with Gasteiger partial charge in [-0.3, -0.25) is 4.79 Å². The van der Waals surface area contributed by atoms with Gasteiger partial charge in [0.1, 0.15) is 6.10 Å². The van der Waals surface area contributed by atoms with Crippen LogP contribution in [0.2, 0.25) is 0 Å². The first kappa shape index (κ1) is 10.5. The second-order valence-electron chi connectivity index (χ2n) is 3.70. The molecule has 0 aromatic rings. The maximum Gasteiger partial charge on any atom is 0.310 e. The van der Waals surface area contributed by atoms with Gasteiger partial charge in [-0.1, -0.05) is 13.8 Å². The van der Waals surface area contributed by atoms with Gasteiger partial charge < -0.3 is 10.1 Å². The van der Waals surface area contributed by atoms with Crippen molar-refractivity contribution in [1.82, 2.24) is 5.32 Å². The van der Waals surface area contributed by atoms with Crippen molar-refractivity contribution < 1.29 is 9.53 Å². The predicted octanol–water partition coefficient (Wildman–Crippen LogP) is 1.33. The van der Waals surface area contributed by atoms with Gasteiger partial charge in [0.05, 0.1) is 5.92 Å². The molecule has 3 nitrogen and oxygen atoms in total. The number of hydrogen-bond acceptors (Lipinski definition) is 3. The van der Waals surface area contributed by atoms with E-state index in [0.29, 0.717) is 0 Å². The Morgan fingerprint density at radius 3 is 2.77 bits per heavy atom. The van der Waals surface area contributed by atoms with Gasteiger partial charge in [-0.05, 0) is 25.8 Å². The molecule has 0 aromatic heterocycles. The Morgan fingerprint density at radius 1 is 1.62 bits per heavy atom. The van der Waals surface area contributed by atoms with Crippen molar-refractivity contribution in [3.8, 4) is 0 Å². The predicted molar refractivity (Wildman–Crippen MR) is 51.4 cm³/mol. The second kappa shape index (κ2) is 5.22. The van der Waals surface area contributed by atoms with Crippen LogP contribution in [0.15, 0.2) is 0 Å². The van der Waals surface area contributed by atoms with E-state index in [2.05, 4.69) is 5.32 Å². The van der Waals surface area contributed by atoms with Gasteiger partial charge in [0.2, 0.25) is 0 Å². The van der Waals surface area contributed by atoms with Crippen molar-refractivity contribution in [1.29, 1.82) is 0 Å². The molecular formula is C10H19NO2. The van der Waals surface area contributed by atoms with Crippen molar-refractivity contribution in [3.05, 3.63) is 0 Å². The van der Waals surface area contributed by atoms with E-state index in [9.17, 15) is 4.79 Å². The van der Waals surface area contributed by atoms with Crippen molar-refractivity contribution in [2.75, 3.05) is 13.1 Å². The van der Waals surface area contributed by atoms with Gasteiger partial charge >= 0.3 is 5.97 Å². The van der Waals surface area contributed by atoms with Crippen molar-refractivity contribution >= 4 is 5.97 Å². The molecule has 1 rings (SSSR count). The molecule has 0 bridgehead atoms. The maximum absolute atomic E-state index is 11.4. The summed E-state index contributed by atoms with van der Waals surface area (Å²) in [6, 6.07) is 0. The molecule has 1 fully saturated rings. The van der Waals surface area contributed by atoms with E-state index in [1.807, 2.05) is 13.8 Å². The van der Waals surface area contributed by atoms with Crippen LogP contribution in [0.1, 0.15) is 33.1 Å². The minimum absolute atomic E-state index is 0.0134. The number of hydrogen-bond donors (Lipinski definition) is 1. The summed E-state index contributed by atoms with van der Waals surface area (Å²) in [4.78, 5) is 11.4. The van der Waals surface area contributed by atoms with E-state index in [1.54, 1.807) is 0 Å². The number of carbonyl (C=O) groups is 1. The molecule has 0 amide bonds. The number of carbonyl (C=O) groups excluding carboxylic acids is 1. The van der Waals surface area contributed by atoms with Gasteiger partial charge in [0.15, 0.2) is 0 Å². The minimum atomic E-state index is -0.0503. The van der Waals surface area contributed by atoms with Crippen molar-refractivity contribution in [3.63, 3.8) is 0 Å². The molecule has 1 saturated carbocycles. The number of esters is 1. The Labute approximate surface area is 79.8 Å². The molecule has 0 aromatic carbocycles. The summed E-state index contributed by atoms with van der Waals surface area (Å²) in [6.45, 7) is 5.57. The van der Waals surface area contributed by atoms with E-state index in [-0.39, 0.29) is 18.0 Å². The Kier molecular flexibility index (Phi) is 4.22. The minimum Gasteiger partial charge on any atom is -0.462 e. The molecule has 1 aliphatic rings. The van der Waals surface area contributed by atoms with Gasteiger partial charge in [0.25, 0.3) is 0 Å². The summed E-state index contributed by atoms with van der Waals surface area (Å²) in [6.07, 6.45) is 3.54. The Bertz CT molecular complexity index is 166. The average molecular weight is 185 g/mol. The second-order valence-corrected chi connectivity index (χ2v) is 3.70. The van der Waals surface area contributed by atoms with Crippen LogP contribution >= 0.6 is 0 Å². The highest BCUT2D eigenvalue weighted by Crippen LogP contribution is 2.22. The van der Waals surface area contributed by atoms with E-state index in [4.69, 9.17) is 4.74 Å². The van der Waals surface area contributed by atoms with Crippen LogP contribution < -0.4 is 5.32 Å². The molecule has 1 aliphatic carbocycles. The fourth-order valence-corrected chi connectivity index (χ4v) is 1.21. The van der Waals surface area contributed by atoms with Crippen LogP contribution in [0.3, 0.4) is 0 Å². The van der Waals surface area contributed by atoms with Crippen LogP contribution in [-0.2, 0) is 9.53 Å². The maximum atomic E-state index is 11.4. The van der Waals surface area contributed by atoms with Crippen LogP contribution in [0, 0.1) is 5.92 Å². The first-order chi connectivity index (χ1) is 6.24. The van der Waals surface area contributed by atoms with E-state index in [1.165, 1.54) is 6.42 Å². The monoisotopic (exact) mass is 185 g/mol. The molecular weight excluding hydrogens is 166 g/mol. The lowest BCUT2D eigenvalue weighted by Gasteiger charge is -2.26. The molecule has 1 atom stereocenters. The molecule has 1 N–H and O–H groups in total. The number of nitrogens with one attached hydrogen (secondary N) is 1. The summed E-state index contributed by atoms with van der Waals surface area (Å²) in [5.41, 5.74) is 0. The molecule has 0 aliphatic heterocycles. The van der Waals surface area contributed by atoms with Crippen LogP contribution in [-0.4, -0.2) is 25.2 Å². The quantitative estimate of drug-likeness (QED) is 0.657. The summed E-state index contributed by atoms with van der Waals surface area (Å²) < 4.78 is 5.27. The standard InChI is InChI=1S/C10H19NO2/c1-3-11-7-8(2)10(12)13-9-5-4-6-9/h8-9,11H,3-7H2,1-2H3. The summed E-state index contributed by atoms with van der Waals surface area (Å²) in [5.74, 6) is -0.0637. The molecule has 0 saturated heterocycles. The zero-order valence-electron chi connectivity index (χ0n) is 8.51. The number of ether oxygens (including phenoxy) is 1. The lowest BCUT2D eigenvalue weighted by Crippen LogP contribution is -2.32. The zero-order valence-corrected chi connectivity index (χ0v) is 8.51. The smallest absolute Gasteiger partial charge is 0.310 e. The largest absolute Gasteiger partial charge is 0.462 e. The number of rotatable bonds is 5. The third-order valence-corrected chi connectivity index (χ3v) is 2.44. The Hall–Kier alpha value is -0.570. The molecule has 76 valence electrons. The first-order valence-electron chi connectivity index (χ1n) is 5.15. The highest BCUT2D eigenvalue weighted by molar-refractivity contribution is 5.72. The van der Waals surface area contributed by atoms with Crippen molar-refractivity contribution in [2.45, 2.75) is 39.2 Å². The lowest BCUT2D eigenvalue weighted by atomic mass is 9.96. The Morgan fingerprint density at radius 2 is 2.31 bits per heavy atom.